The molecule has 0 saturated carbocycles. The van der Waals surface area contributed by atoms with E-state index in [0.717, 1.165) is 5.56 Å². The maximum absolute atomic E-state index is 13.6. The van der Waals surface area contributed by atoms with Crippen molar-refractivity contribution in [3.8, 4) is 0 Å². The van der Waals surface area contributed by atoms with Crippen LogP contribution < -0.4 is 5.56 Å². The maximum Gasteiger partial charge on any atom is 0.261 e. The van der Waals surface area contributed by atoms with E-state index in [1.807, 2.05) is 44.2 Å². The molecule has 164 valence electrons. The minimum Gasteiger partial charge on any atom is -0.383 e. The molecule has 0 aliphatic rings. The standard InChI is InChI=1S/C24H28ClN3O3/c1-5-19(17-9-7-6-8-10-17)24(30)28(13-14-31-4)16(2)22-26-21-12-11-18(25)15-20(21)23(29)27(22)3/h6-12,15-16,19H,5,13-14H2,1-4H3. The van der Waals surface area contributed by atoms with Gasteiger partial charge in [-0.2, -0.15) is 0 Å². The monoisotopic (exact) mass is 441 g/mol. The summed E-state index contributed by atoms with van der Waals surface area (Å²) in [6.45, 7) is 4.68. The topological polar surface area (TPSA) is 64.4 Å². The number of benzene rings is 2. The van der Waals surface area contributed by atoms with Gasteiger partial charge in [-0.1, -0.05) is 48.9 Å². The second-order valence-corrected chi connectivity index (χ2v) is 8.00. The lowest BCUT2D eigenvalue weighted by atomic mass is 9.94. The number of halogens is 1. The molecule has 0 saturated heterocycles. The zero-order valence-corrected chi connectivity index (χ0v) is 19.1. The quantitative estimate of drug-likeness (QED) is 0.522. The van der Waals surface area contributed by atoms with Gasteiger partial charge < -0.3 is 9.64 Å². The van der Waals surface area contributed by atoms with Gasteiger partial charge in [-0.25, -0.2) is 4.98 Å². The molecule has 0 aliphatic heterocycles. The first kappa shape index (κ1) is 23.0. The molecule has 2 unspecified atom stereocenters. The largest absolute Gasteiger partial charge is 0.383 e. The van der Waals surface area contributed by atoms with Crippen molar-refractivity contribution < 1.29 is 9.53 Å². The lowest BCUT2D eigenvalue weighted by Crippen LogP contribution is -2.41. The number of hydrogen-bond acceptors (Lipinski definition) is 4. The van der Waals surface area contributed by atoms with E-state index in [1.165, 1.54) is 4.57 Å². The number of hydrogen-bond donors (Lipinski definition) is 0. The summed E-state index contributed by atoms with van der Waals surface area (Å²) in [4.78, 5) is 33.1. The van der Waals surface area contributed by atoms with E-state index < -0.39 is 6.04 Å². The smallest absolute Gasteiger partial charge is 0.261 e. The van der Waals surface area contributed by atoms with Crippen LogP contribution in [0.15, 0.2) is 53.3 Å². The SMILES string of the molecule is CCC(C(=O)N(CCOC)C(C)c1nc2ccc(Cl)cc2c(=O)n1C)c1ccccc1. The lowest BCUT2D eigenvalue weighted by Gasteiger charge is -2.32. The molecule has 7 heteroatoms. The van der Waals surface area contributed by atoms with Crippen molar-refractivity contribution in [2.45, 2.75) is 32.2 Å². The third kappa shape index (κ3) is 4.81. The number of carbonyl (C=O) groups is 1. The summed E-state index contributed by atoms with van der Waals surface area (Å²) in [5.74, 6) is 0.229. The molecule has 2 atom stereocenters. The van der Waals surface area contributed by atoms with Gasteiger partial charge in [0.1, 0.15) is 5.82 Å². The first-order chi connectivity index (χ1) is 14.9. The second kappa shape index (κ2) is 10.1. The Morgan fingerprint density at radius 2 is 1.94 bits per heavy atom. The highest BCUT2D eigenvalue weighted by Gasteiger charge is 2.30. The van der Waals surface area contributed by atoms with Crippen LogP contribution in [-0.4, -0.2) is 40.6 Å². The fraction of sp³-hybridized carbons (Fsp3) is 0.375. The van der Waals surface area contributed by atoms with E-state index in [0.29, 0.717) is 41.3 Å². The molecule has 0 N–H and O–H groups in total. The highest BCUT2D eigenvalue weighted by Crippen LogP contribution is 2.28. The van der Waals surface area contributed by atoms with Crippen LogP contribution in [0.5, 0.6) is 0 Å². The molecule has 0 aliphatic carbocycles. The normalized spacial score (nSPS) is 13.2. The summed E-state index contributed by atoms with van der Waals surface area (Å²) >= 11 is 6.06. The van der Waals surface area contributed by atoms with Crippen LogP contribution in [0.25, 0.3) is 10.9 Å². The maximum atomic E-state index is 13.6. The predicted molar refractivity (Wildman–Crippen MR) is 123 cm³/mol. The molecule has 3 aromatic rings. The summed E-state index contributed by atoms with van der Waals surface area (Å²) in [6.07, 6.45) is 0.668. The van der Waals surface area contributed by atoms with Gasteiger partial charge in [-0.3, -0.25) is 14.2 Å². The van der Waals surface area contributed by atoms with E-state index in [1.54, 1.807) is 37.3 Å². The van der Waals surface area contributed by atoms with E-state index in [9.17, 15) is 9.59 Å². The van der Waals surface area contributed by atoms with Crippen molar-refractivity contribution in [1.82, 2.24) is 14.5 Å². The average molecular weight is 442 g/mol. The predicted octanol–water partition coefficient (Wildman–Crippen LogP) is 4.32. The Morgan fingerprint density at radius 1 is 1.23 bits per heavy atom. The summed E-state index contributed by atoms with van der Waals surface area (Å²) < 4.78 is 6.77. The van der Waals surface area contributed by atoms with E-state index in [-0.39, 0.29) is 17.4 Å². The van der Waals surface area contributed by atoms with Crippen molar-refractivity contribution in [1.29, 1.82) is 0 Å². The zero-order valence-electron chi connectivity index (χ0n) is 18.3. The van der Waals surface area contributed by atoms with E-state index >= 15 is 0 Å². The van der Waals surface area contributed by atoms with Crippen molar-refractivity contribution in [3.63, 3.8) is 0 Å². The van der Waals surface area contributed by atoms with Gasteiger partial charge in [-0.15, -0.1) is 0 Å². The molecule has 0 bridgehead atoms. The Labute approximate surface area is 187 Å². The molecule has 6 nitrogen and oxygen atoms in total. The number of ether oxygens (including phenoxy) is 1. The van der Waals surface area contributed by atoms with Crippen LogP contribution in [0.3, 0.4) is 0 Å². The zero-order chi connectivity index (χ0) is 22.5. The van der Waals surface area contributed by atoms with Gasteiger partial charge in [0.2, 0.25) is 5.91 Å². The first-order valence-electron chi connectivity index (χ1n) is 10.4. The van der Waals surface area contributed by atoms with Crippen LogP contribution in [0.4, 0.5) is 0 Å². The molecular weight excluding hydrogens is 414 g/mol. The molecule has 0 radical (unpaired) electrons. The lowest BCUT2D eigenvalue weighted by molar-refractivity contribution is -0.136. The second-order valence-electron chi connectivity index (χ2n) is 7.57. The Kier molecular flexibility index (Phi) is 7.46. The van der Waals surface area contributed by atoms with Gasteiger partial charge >= 0.3 is 0 Å². The highest BCUT2D eigenvalue weighted by atomic mass is 35.5. The molecule has 1 aromatic heterocycles. The van der Waals surface area contributed by atoms with E-state index in [2.05, 4.69) is 0 Å². The molecule has 1 amide bonds. The Bertz CT molecular complexity index is 1110. The molecule has 2 aromatic carbocycles. The third-order valence-electron chi connectivity index (χ3n) is 5.64. The summed E-state index contributed by atoms with van der Waals surface area (Å²) in [7, 11) is 3.28. The molecule has 3 rings (SSSR count). The number of nitrogens with zero attached hydrogens (tertiary/aromatic N) is 3. The Balaban J connectivity index is 2.04. The number of amides is 1. The summed E-state index contributed by atoms with van der Waals surface area (Å²) in [6, 6.07) is 14.4. The van der Waals surface area contributed by atoms with Crippen LogP contribution >= 0.6 is 11.6 Å². The van der Waals surface area contributed by atoms with Crippen molar-refractivity contribution in [2.75, 3.05) is 20.3 Å². The first-order valence-corrected chi connectivity index (χ1v) is 10.8. The Hall–Kier alpha value is -2.70. The van der Waals surface area contributed by atoms with Crippen LogP contribution in [-0.2, 0) is 16.6 Å². The van der Waals surface area contributed by atoms with Crippen molar-refractivity contribution >= 4 is 28.4 Å². The molecule has 0 spiro atoms. The molecule has 31 heavy (non-hydrogen) atoms. The van der Waals surface area contributed by atoms with Crippen LogP contribution in [0, 0.1) is 0 Å². The van der Waals surface area contributed by atoms with Gasteiger partial charge in [0.05, 0.1) is 29.5 Å². The van der Waals surface area contributed by atoms with Gasteiger partial charge in [0.15, 0.2) is 0 Å². The number of aromatic nitrogens is 2. The molecular formula is C24H28ClN3O3. The summed E-state index contributed by atoms with van der Waals surface area (Å²) in [5, 5.41) is 0.939. The van der Waals surface area contributed by atoms with Crippen LogP contribution in [0.2, 0.25) is 5.02 Å². The van der Waals surface area contributed by atoms with Crippen molar-refractivity contribution in [2.24, 2.45) is 7.05 Å². The number of rotatable bonds is 8. The average Bonchev–Trinajstić information content (AvgIpc) is 2.78. The fourth-order valence-electron chi connectivity index (χ4n) is 3.90. The van der Waals surface area contributed by atoms with Crippen molar-refractivity contribution in [3.05, 3.63) is 75.3 Å². The van der Waals surface area contributed by atoms with Gasteiger partial charge in [-0.05, 0) is 37.1 Å². The third-order valence-corrected chi connectivity index (χ3v) is 5.88. The minimum absolute atomic E-state index is 0.0105. The molecule has 1 heterocycles. The highest BCUT2D eigenvalue weighted by molar-refractivity contribution is 6.31. The van der Waals surface area contributed by atoms with Gasteiger partial charge in [0, 0.05) is 25.7 Å². The molecule has 0 fully saturated rings. The van der Waals surface area contributed by atoms with Crippen LogP contribution in [0.1, 0.15) is 43.6 Å². The number of methoxy groups -OCH3 is 1. The minimum atomic E-state index is -0.418. The fourth-order valence-corrected chi connectivity index (χ4v) is 4.07. The number of fused-ring (bicyclic) bond motifs is 1. The summed E-state index contributed by atoms with van der Waals surface area (Å²) in [5.41, 5.74) is 1.34. The Morgan fingerprint density at radius 3 is 2.58 bits per heavy atom. The number of carbonyl (C=O) groups excluding carboxylic acids is 1. The van der Waals surface area contributed by atoms with E-state index in [4.69, 9.17) is 21.3 Å². The van der Waals surface area contributed by atoms with Gasteiger partial charge in [0.25, 0.3) is 5.56 Å².